The molecule has 1 unspecified atom stereocenters. The Balaban J connectivity index is 4.83. The van der Waals surface area contributed by atoms with Crippen LogP contribution >= 0.6 is 12.0 Å². The molecule has 21 heavy (non-hydrogen) atoms. The van der Waals surface area contributed by atoms with Crippen LogP contribution in [0.15, 0.2) is 0 Å². The number of hydrogen-bond acceptors (Lipinski definition) is 8. The van der Waals surface area contributed by atoms with Crippen LogP contribution in [-0.2, 0) is 32.8 Å². The molecule has 1 atom stereocenters. The lowest BCUT2D eigenvalue weighted by Crippen LogP contribution is -2.36. The third-order valence-corrected chi connectivity index (χ3v) is 2.82. The van der Waals surface area contributed by atoms with Crippen molar-refractivity contribution < 1.29 is 32.8 Å². The Morgan fingerprint density at radius 3 is 1.81 bits per heavy atom. The minimum atomic E-state index is -0.825. The summed E-state index contributed by atoms with van der Waals surface area (Å²) < 4.78 is 20.3. The third kappa shape index (κ3) is 10.1. The first-order valence-corrected chi connectivity index (χ1v) is 7.47. The molecule has 0 aliphatic carbocycles. The van der Waals surface area contributed by atoms with Crippen molar-refractivity contribution in [1.29, 1.82) is 0 Å². The van der Waals surface area contributed by atoms with E-state index in [2.05, 4.69) is 0 Å². The summed E-state index contributed by atoms with van der Waals surface area (Å²) in [6, 6.07) is 0. The highest BCUT2D eigenvalue weighted by Crippen LogP contribution is 2.28. The van der Waals surface area contributed by atoms with Crippen LogP contribution < -0.4 is 0 Å². The fourth-order valence-electron chi connectivity index (χ4n) is 1.50. The van der Waals surface area contributed by atoms with Crippen LogP contribution in [0.5, 0.6) is 0 Å². The van der Waals surface area contributed by atoms with E-state index in [1.54, 1.807) is 13.2 Å². The molecule has 0 aromatic carbocycles. The fourth-order valence-corrected chi connectivity index (χ4v) is 1.82. The van der Waals surface area contributed by atoms with E-state index in [1.807, 2.05) is 0 Å². The Bertz CT molecular complexity index is 352. The van der Waals surface area contributed by atoms with E-state index in [0.29, 0.717) is 0 Å². The molecule has 0 aliphatic rings. The van der Waals surface area contributed by atoms with Gasteiger partial charge in [0.2, 0.25) is 6.29 Å². The summed E-state index contributed by atoms with van der Waals surface area (Å²) >= 11 is 1.05. The van der Waals surface area contributed by atoms with E-state index in [0.717, 1.165) is 12.0 Å². The summed E-state index contributed by atoms with van der Waals surface area (Å²) in [6.07, 6.45) is 1.08. The summed E-state index contributed by atoms with van der Waals surface area (Å²) in [5, 5.41) is 0. The van der Waals surface area contributed by atoms with Crippen molar-refractivity contribution in [1.82, 2.24) is 0 Å². The van der Waals surface area contributed by atoms with Gasteiger partial charge in [-0.2, -0.15) is 0 Å². The molecule has 0 aromatic heterocycles. The zero-order valence-electron chi connectivity index (χ0n) is 13.0. The number of carbonyl (C=O) groups excluding carboxylic acids is 3. The van der Waals surface area contributed by atoms with Crippen molar-refractivity contribution in [2.75, 3.05) is 19.5 Å². The zero-order chi connectivity index (χ0) is 16.5. The summed E-state index contributed by atoms with van der Waals surface area (Å²) in [4.78, 5) is 33.0. The van der Waals surface area contributed by atoms with Crippen LogP contribution in [0.25, 0.3) is 0 Å². The third-order valence-electron chi connectivity index (χ3n) is 2.41. The Morgan fingerprint density at radius 1 is 1.00 bits per heavy atom. The lowest BCUT2D eigenvalue weighted by molar-refractivity contribution is -0.171. The molecule has 0 radical (unpaired) electrons. The lowest BCUT2D eigenvalue weighted by atomic mass is 9.88. The number of rotatable bonds is 9. The standard InChI is InChI=1S/C13H22O7S/c1-9(14)17-7-13(4,8-18-10(2)15)6-12(20-21-5)19-11(3)16/h12H,6-8H2,1-5H3. The number of hydrogen-bond donors (Lipinski definition) is 0. The monoisotopic (exact) mass is 322 g/mol. The van der Waals surface area contributed by atoms with E-state index < -0.39 is 29.6 Å². The molecule has 0 amide bonds. The highest BCUT2D eigenvalue weighted by Gasteiger charge is 2.33. The van der Waals surface area contributed by atoms with Crippen LogP contribution in [-0.4, -0.2) is 43.7 Å². The summed E-state index contributed by atoms with van der Waals surface area (Å²) in [6.45, 7) is 5.63. The average Bonchev–Trinajstić information content (AvgIpc) is 2.34. The summed E-state index contributed by atoms with van der Waals surface area (Å²) in [5.74, 6) is -1.38. The molecule has 0 aliphatic heterocycles. The SMILES string of the molecule is CSOC(CC(C)(COC(C)=O)COC(C)=O)OC(C)=O. The second kappa shape index (κ2) is 9.62. The van der Waals surface area contributed by atoms with E-state index >= 15 is 0 Å². The van der Waals surface area contributed by atoms with Gasteiger partial charge in [0, 0.05) is 38.9 Å². The Hall–Kier alpha value is -1.28. The van der Waals surface area contributed by atoms with Crippen molar-refractivity contribution in [3.8, 4) is 0 Å². The minimum absolute atomic E-state index is 0.0190. The molecule has 0 aromatic rings. The number of ether oxygens (including phenoxy) is 3. The predicted octanol–water partition coefficient (Wildman–Crippen LogP) is 1.69. The average molecular weight is 322 g/mol. The molecule has 0 saturated heterocycles. The number of esters is 3. The molecule has 0 heterocycles. The van der Waals surface area contributed by atoms with E-state index in [-0.39, 0.29) is 19.6 Å². The van der Waals surface area contributed by atoms with Crippen LogP contribution in [0, 0.1) is 5.41 Å². The van der Waals surface area contributed by atoms with E-state index in [1.165, 1.54) is 20.8 Å². The maximum absolute atomic E-state index is 11.1. The van der Waals surface area contributed by atoms with Crippen molar-refractivity contribution >= 4 is 30.0 Å². The number of carbonyl (C=O) groups is 3. The molecule has 0 bridgehead atoms. The first-order valence-electron chi connectivity index (χ1n) is 6.32. The van der Waals surface area contributed by atoms with Gasteiger partial charge in [0.25, 0.3) is 0 Å². The Kier molecular flexibility index (Phi) is 9.03. The van der Waals surface area contributed by atoms with Gasteiger partial charge in [0.05, 0.1) is 0 Å². The van der Waals surface area contributed by atoms with Crippen LogP contribution in [0.1, 0.15) is 34.1 Å². The van der Waals surface area contributed by atoms with Gasteiger partial charge >= 0.3 is 17.9 Å². The summed E-state index contributed by atoms with van der Waals surface area (Å²) in [7, 11) is 0. The van der Waals surface area contributed by atoms with Gasteiger partial charge in [-0.05, 0) is 12.0 Å². The molecule has 0 saturated carbocycles. The van der Waals surface area contributed by atoms with Crippen molar-refractivity contribution in [3.05, 3.63) is 0 Å². The molecular weight excluding hydrogens is 300 g/mol. The molecule has 8 heteroatoms. The van der Waals surface area contributed by atoms with Gasteiger partial charge in [-0.3, -0.25) is 18.6 Å². The largest absolute Gasteiger partial charge is 0.465 e. The summed E-state index contributed by atoms with van der Waals surface area (Å²) in [5.41, 5.74) is -0.729. The zero-order valence-corrected chi connectivity index (χ0v) is 13.8. The van der Waals surface area contributed by atoms with Gasteiger partial charge in [-0.1, -0.05) is 6.92 Å². The topological polar surface area (TPSA) is 88.1 Å². The van der Waals surface area contributed by atoms with Gasteiger partial charge < -0.3 is 14.2 Å². The smallest absolute Gasteiger partial charge is 0.304 e. The van der Waals surface area contributed by atoms with Crippen LogP contribution in [0.2, 0.25) is 0 Å². The van der Waals surface area contributed by atoms with Crippen molar-refractivity contribution in [3.63, 3.8) is 0 Å². The second-order valence-electron chi connectivity index (χ2n) is 4.88. The predicted molar refractivity (Wildman–Crippen MR) is 76.1 cm³/mol. The molecule has 0 fully saturated rings. The maximum atomic E-state index is 11.1. The maximum Gasteiger partial charge on any atom is 0.304 e. The van der Waals surface area contributed by atoms with Crippen molar-refractivity contribution in [2.24, 2.45) is 5.41 Å². The second-order valence-corrected chi connectivity index (χ2v) is 5.40. The highest BCUT2D eigenvalue weighted by molar-refractivity contribution is 7.93. The molecule has 0 rings (SSSR count). The van der Waals surface area contributed by atoms with E-state index in [4.69, 9.17) is 18.4 Å². The van der Waals surface area contributed by atoms with Gasteiger partial charge in [0.1, 0.15) is 13.2 Å². The first kappa shape index (κ1) is 19.7. The Labute approximate surface area is 128 Å². The van der Waals surface area contributed by atoms with Crippen molar-refractivity contribution in [2.45, 2.75) is 40.4 Å². The lowest BCUT2D eigenvalue weighted by Gasteiger charge is -2.31. The Morgan fingerprint density at radius 2 is 1.48 bits per heavy atom. The normalized spacial score (nSPS) is 12.4. The molecule has 122 valence electrons. The molecule has 0 N–H and O–H groups in total. The molecule has 7 nitrogen and oxygen atoms in total. The van der Waals surface area contributed by atoms with Crippen LogP contribution in [0.4, 0.5) is 0 Å². The van der Waals surface area contributed by atoms with Gasteiger partial charge in [-0.25, -0.2) is 0 Å². The van der Waals surface area contributed by atoms with E-state index in [9.17, 15) is 14.4 Å². The minimum Gasteiger partial charge on any atom is -0.465 e. The fraction of sp³-hybridized carbons (Fsp3) is 0.769. The molecular formula is C13H22O7S. The quantitative estimate of drug-likeness (QED) is 0.274. The van der Waals surface area contributed by atoms with Crippen LogP contribution in [0.3, 0.4) is 0 Å². The van der Waals surface area contributed by atoms with Gasteiger partial charge in [-0.15, -0.1) is 0 Å². The highest BCUT2D eigenvalue weighted by atomic mass is 32.2. The first-order chi connectivity index (χ1) is 9.68. The molecule has 0 spiro atoms. The van der Waals surface area contributed by atoms with Gasteiger partial charge in [0.15, 0.2) is 0 Å².